The molecule has 5 rings (SSSR count). The lowest BCUT2D eigenvalue weighted by molar-refractivity contribution is -0.136. The van der Waals surface area contributed by atoms with Crippen LogP contribution in [0.3, 0.4) is 0 Å². The molecule has 2 aromatic carbocycles. The number of carbonyl (C=O) groups is 3. The summed E-state index contributed by atoms with van der Waals surface area (Å²) in [6.45, 7) is 6.54. The van der Waals surface area contributed by atoms with Gasteiger partial charge in [0, 0.05) is 43.6 Å². The molecule has 8 nitrogen and oxygen atoms in total. The summed E-state index contributed by atoms with van der Waals surface area (Å²) in [7, 11) is 0. The molecular weight excluding hydrogens is 456 g/mol. The number of rotatable bonds is 4. The van der Waals surface area contributed by atoms with E-state index in [-0.39, 0.29) is 24.8 Å². The number of imide groups is 1. The minimum absolute atomic E-state index is 0.213. The second-order valence-electron chi connectivity index (χ2n) is 10.8. The number of amides is 3. The van der Waals surface area contributed by atoms with Gasteiger partial charge < -0.3 is 10.0 Å². The minimum Gasteiger partial charge on any atom is -0.385 e. The number of hydrogen-bond acceptors (Lipinski definition) is 6. The lowest BCUT2D eigenvalue weighted by atomic mass is 9.66. The third kappa shape index (κ3) is 4.08. The predicted octanol–water partition coefficient (Wildman–Crippen LogP) is 2.44. The fourth-order valence-electron chi connectivity index (χ4n) is 5.87. The molecule has 8 heteroatoms. The Morgan fingerprint density at radius 2 is 1.89 bits per heavy atom. The van der Waals surface area contributed by atoms with Gasteiger partial charge in [-0.25, -0.2) is 0 Å². The van der Waals surface area contributed by atoms with E-state index in [1.807, 2.05) is 36.4 Å². The molecule has 2 aromatic rings. The fourth-order valence-corrected chi connectivity index (χ4v) is 5.87. The molecule has 2 saturated heterocycles. The summed E-state index contributed by atoms with van der Waals surface area (Å²) in [6.07, 6.45) is 1.08. The van der Waals surface area contributed by atoms with Gasteiger partial charge in [0.05, 0.1) is 17.2 Å². The van der Waals surface area contributed by atoms with Crippen molar-refractivity contribution in [2.45, 2.75) is 57.8 Å². The zero-order chi connectivity index (χ0) is 25.7. The van der Waals surface area contributed by atoms with E-state index in [4.69, 9.17) is 5.26 Å². The Hall–Kier alpha value is -3.54. The van der Waals surface area contributed by atoms with Crippen molar-refractivity contribution in [1.29, 1.82) is 5.26 Å². The summed E-state index contributed by atoms with van der Waals surface area (Å²) < 4.78 is 0. The van der Waals surface area contributed by atoms with Crippen LogP contribution in [0.4, 0.5) is 0 Å². The van der Waals surface area contributed by atoms with Crippen LogP contribution in [0.1, 0.15) is 65.7 Å². The molecule has 0 radical (unpaired) electrons. The lowest BCUT2D eigenvalue weighted by Crippen LogP contribution is -2.55. The number of nitrogens with zero attached hydrogens (tertiary/aromatic N) is 3. The average molecular weight is 487 g/mol. The van der Waals surface area contributed by atoms with Crippen LogP contribution >= 0.6 is 0 Å². The van der Waals surface area contributed by atoms with Gasteiger partial charge in [-0.05, 0) is 47.7 Å². The van der Waals surface area contributed by atoms with Crippen molar-refractivity contribution in [2.75, 3.05) is 13.1 Å². The van der Waals surface area contributed by atoms with Gasteiger partial charge in [-0.15, -0.1) is 0 Å². The van der Waals surface area contributed by atoms with Crippen LogP contribution in [0.15, 0.2) is 42.5 Å². The van der Waals surface area contributed by atoms with Crippen LogP contribution < -0.4 is 5.32 Å². The number of nitriles is 1. The van der Waals surface area contributed by atoms with Crippen molar-refractivity contribution in [3.8, 4) is 6.07 Å². The highest BCUT2D eigenvalue weighted by atomic mass is 16.3. The van der Waals surface area contributed by atoms with E-state index in [0.717, 1.165) is 23.2 Å². The van der Waals surface area contributed by atoms with E-state index < -0.39 is 23.0 Å². The topological polar surface area (TPSA) is 114 Å². The molecule has 0 spiro atoms. The monoisotopic (exact) mass is 486 g/mol. The summed E-state index contributed by atoms with van der Waals surface area (Å²) in [4.78, 5) is 40.8. The standard InChI is InChI=1S/C28H30N4O4/c1-27(2)17-31(15-19-5-3-18(14-29)4-6-19)12-11-28(27,36)21-7-8-22-20(13-21)16-32(26(22)35)23-9-10-24(33)30-25(23)34/h3-8,13,23,36H,9-12,15-17H2,1-2H3,(H,30,33,34)/t23?,28-/m1/s1. The molecule has 3 heterocycles. The molecule has 36 heavy (non-hydrogen) atoms. The molecule has 3 aliphatic rings. The summed E-state index contributed by atoms with van der Waals surface area (Å²) in [5, 5.41) is 23.3. The number of fused-ring (bicyclic) bond motifs is 1. The molecule has 0 saturated carbocycles. The average Bonchev–Trinajstić information content (AvgIpc) is 3.17. The van der Waals surface area contributed by atoms with Crippen molar-refractivity contribution in [2.24, 2.45) is 5.41 Å². The normalized spacial score (nSPS) is 25.9. The molecule has 2 fully saturated rings. The summed E-state index contributed by atoms with van der Waals surface area (Å²) in [6, 6.07) is 14.6. The first-order valence-corrected chi connectivity index (χ1v) is 12.3. The SMILES string of the molecule is CC1(C)CN(Cc2ccc(C#N)cc2)CC[C@@]1(O)c1ccc2c(c1)CN(C1CCC(=O)NC1=O)C2=O. The van der Waals surface area contributed by atoms with Crippen molar-refractivity contribution < 1.29 is 19.5 Å². The highest BCUT2D eigenvalue weighted by Gasteiger charge is 2.49. The van der Waals surface area contributed by atoms with Crippen LogP contribution in [0.5, 0.6) is 0 Å². The van der Waals surface area contributed by atoms with Crippen LogP contribution in [-0.4, -0.2) is 51.8 Å². The quantitative estimate of drug-likeness (QED) is 0.642. The van der Waals surface area contributed by atoms with E-state index in [2.05, 4.69) is 30.1 Å². The van der Waals surface area contributed by atoms with Crippen molar-refractivity contribution in [3.63, 3.8) is 0 Å². The first-order valence-electron chi connectivity index (χ1n) is 12.3. The number of likely N-dealkylation sites (tertiary alicyclic amines) is 1. The number of carbonyl (C=O) groups excluding carboxylic acids is 3. The molecule has 1 unspecified atom stereocenters. The summed E-state index contributed by atoms with van der Waals surface area (Å²) in [5.74, 6) is -0.950. The van der Waals surface area contributed by atoms with Crippen LogP contribution in [0.25, 0.3) is 0 Å². The van der Waals surface area contributed by atoms with Gasteiger partial charge in [-0.3, -0.25) is 24.6 Å². The molecule has 3 aliphatic heterocycles. The Morgan fingerprint density at radius 1 is 1.14 bits per heavy atom. The molecule has 0 bridgehead atoms. The van der Waals surface area contributed by atoms with Gasteiger partial charge in [-0.2, -0.15) is 5.26 Å². The van der Waals surface area contributed by atoms with Crippen molar-refractivity contribution in [1.82, 2.24) is 15.1 Å². The second kappa shape index (κ2) is 8.84. The molecule has 0 aromatic heterocycles. The zero-order valence-corrected chi connectivity index (χ0v) is 20.6. The molecule has 2 atom stereocenters. The van der Waals surface area contributed by atoms with E-state index in [1.165, 1.54) is 4.90 Å². The number of benzene rings is 2. The molecular formula is C28H30N4O4. The van der Waals surface area contributed by atoms with Crippen LogP contribution in [0, 0.1) is 16.7 Å². The lowest BCUT2D eigenvalue weighted by Gasteiger charge is -2.50. The van der Waals surface area contributed by atoms with Gasteiger partial charge in [0.15, 0.2) is 0 Å². The van der Waals surface area contributed by atoms with Crippen molar-refractivity contribution in [3.05, 3.63) is 70.3 Å². The first kappa shape index (κ1) is 24.2. The Labute approximate surface area is 210 Å². The Bertz CT molecular complexity index is 1280. The number of hydrogen-bond donors (Lipinski definition) is 2. The van der Waals surface area contributed by atoms with Gasteiger partial charge in [0.25, 0.3) is 5.91 Å². The largest absolute Gasteiger partial charge is 0.385 e. The van der Waals surface area contributed by atoms with E-state index in [0.29, 0.717) is 37.1 Å². The van der Waals surface area contributed by atoms with Gasteiger partial charge >= 0.3 is 0 Å². The summed E-state index contributed by atoms with van der Waals surface area (Å²) >= 11 is 0. The molecule has 186 valence electrons. The molecule has 0 aliphatic carbocycles. The Kier molecular flexibility index (Phi) is 5.93. The van der Waals surface area contributed by atoms with Crippen LogP contribution in [0.2, 0.25) is 0 Å². The number of piperidine rings is 2. The van der Waals surface area contributed by atoms with Gasteiger partial charge in [0.1, 0.15) is 6.04 Å². The maximum Gasteiger partial charge on any atom is 0.255 e. The van der Waals surface area contributed by atoms with E-state index in [1.54, 1.807) is 6.07 Å². The smallest absolute Gasteiger partial charge is 0.255 e. The second-order valence-corrected chi connectivity index (χ2v) is 10.8. The van der Waals surface area contributed by atoms with Crippen LogP contribution in [-0.2, 0) is 28.3 Å². The number of nitrogens with one attached hydrogen (secondary N) is 1. The Morgan fingerprint density at radius 3 is 2.56 bits per heavy atom. The third-order valence-corrected chi connectivity index (χ3v) is 8.02. The minimum atomic E-state index is -1.08. The molecule has 2 N–H and O–H groups in total. The van der Waals surface area contributed by atoms with E-state index in [9.17, 15) is 19.5 Å². The Balaban J connectivity index is 1.33. The third-order valence-electron chi connectivity index (χ3n) is 8.02. The fraction of sp³-hybridized carbons (Fsp3) is 0.429. The maximum atomic E-state index is 13.0. The maximum absolute atomic E-state index is 13.0. The predicted molar refractivity (Wildman–Crippen MR) is 131 cm³/mol. The highest BCUT2D eigenvalue weighted by Crippen LogP contribution is 2.47. The number of aliphatic hydroxyl groups is 1. The van der Waals surface area contributed by atoms with Gasteiger partial charge in [0.2, 0.25) is 11.8 Å². The summed E-state index contributed by atoms with van der Waals surface area (Å²) in [5.41, 5.74) is 2.35. The zero-order valence-electron chi connectivity index (χ0n) is 20.6. The first-order chi connectivity index (χ1) is 17.1. The van der Waals surface area contributed by atoms with E-state index >= 15 is 0 Å². The molecule has 3 amide bonds. The van der Waals surface area contributed by atoms with Gasteiger partial charge in [-0.1, -0.05) is 38.1 Å². The van der Waals surface area contributed by atoms with Crippen molar-refractivity contribution >= 4 is 17.7 Å². The highest BCUT2D eigenvalue weighted by molar-refractivity contribution is 6.05.